The number of carbonyl (C=O) groups excluding carboxylic acids is 3. The SMILES string of the molecule is CCOC(=O)N1CCC(NC(=O)COC(=O)CN2c3cccc4cccc(c34)S2(=O)=O)CC1. The smallest absolute Gasteiger partial charge is 0.409 e. The second-order valence-electron chi connectivity index (χ2n) is 7.83. The van der Waals surface area contributed by atoms with E-state index in [0.29, 0.717) is 43.6 Å². The van der Waals surface area contributed by atoms with Gasteiger partial charge in [0, 0.05) is 24.5 Å². The van der Waals surface area contributed by atoms with E-state index in [1.54, 1.807) is 42.2 Å². The summed E-state index contributed by atoms with van der Waals surface area (Å²) in [5, 5.41) is 4.11. The first-order chi connectivity index (χ1) is 15.8. The number of rotatable bonds is 6. The number of carbonyl (C=O) groups is 3. The molecule has 1 saturated heterocycles. The van der Waals surface area contributed by atoms with Crippen LogP contribution in [-0.4, -0.2) is 70.2 Å². The molecule has 0 saturated carbocycles. The average Bonchev–Trinajstić information content (AvgIpc) is 3.01. The number of hydrogen-bond donors (Lipinski definition) is 1. The lowest BCUT2D eigenvalue weighted by Gasteiger charge is -2.31. The van der Waals surface area contributed by atoms with Crippen LogP contribution >= 0.6 is 0 Å². The van der Waals surface area contributed by atoms with Crippen LogP contribution in [-0.2, 0) is 29.1 Å². The average molecular weight is 476 g/mol. The Balaban J connectivity index is 1.29. The van der Waals surface area contributed by atoms with Gasteiger partial charge in [0.2, 0.25) is 0 Å². The van der Waals surface area contributed by atoms with Gasteiger partial charge in [-0.3, -0.25) is 13.9 Å². The molecule has 0 aliphatic carbocycles. The molecule has 11 heteroatoms. The third kappa shape index (κ3) is 4.58. The number of piperidine rings is 1. The Bertz CT molecular complexity index is 1180. The molecule has 0 aromatic heterocycles. The van der Waals surface area contributed by atoms with Crippen LogP contribution in [0.4, 0.5) is 10.5 Å². The maximum Gasteiger partial charge on any atom is 0.409 e. The van der Waals surface area contributed by atoms with Crippen LogP contribution in [0, 0.1) is 0 Å². The number of nitrogens with one attached hydrogen (secondary N) is 1. The summed E-state index contributed by atoms with van der Waals surface area (Å²) in [6.45, 7) is 1.93. The van der Waals surface area contributed by atoms with E-state index in [1.807, 2.05) is 0 Å². The topological polar surface area (TPSA) is 122 Å². The first-order valence-electron chi connectivity index (χ1n) is 10.7. The van der Waals surface area contributed by atoms with Crippen molar-refractivity contribution in [2.75, 3.05) is 37.2 Å². The Kier molecular flexibility index (Phi) is 6.41. The number of sulfonamides is 1. The fourth-order valence-corrected chi connectivity index (χ4v) is 5.78. The zero-order valence-corrected chi connectivity index (χ0v) is 19.0. The third-order valence-electron chi connectivity index (χ3n) is 5.70. The summed E-state index contributed by atoms with van der Waals surface area (Å²) in [5.41, 5.74) is 0.415. The van der Waals surface area contributed by atoms with Crippen LogP contribution in [0.2, 0.25) is 0 Å². The van der Waals surface area contributed by atoms with Gasteiger partial charge >= 0.3 is 12.1 Å². The molecule has 1 fully saturated rings. The lowest BCUT2D eigenvalue weighted by molar-refractivity contribution is -0.147. The van der Waals surface area contributed by atoms with E-state index in [9.17, 15) is 22.8 Å². The van der Waals surface area contributed by atoms with Crippen molar-refractivity contribution in [1.82, 2.24) is 10.2 Å². The molecule has 4 rings (SSSR count). The van der Waals surface area contributed by atoms with Gasteiger partial charge in [0.25, 0.3) is 15.9 Å². The monoisotopic (exact) mass is 475 g/mol. The predicted octanol–water partition coefficient (Wildman–Crippen LogP) is 1.63. The molecule has 10 nitrogen and oxygen atoms in total. The summed E-state index contributed by atoms with van der Waals surface area (Å²) >= 11 is 0. The first kappa shape index (κ1) is 22.8. The minimum Gasteiger partial charge on any atom is -0.454 e. The molecule has 2 aliphatic heterocycles. The molecule has 33 heavy (non-hydrogen) atoms. The van der Waals surface area contributed by atoms with Gasteiger partial charge in [-0.15, -0.1) is 0 Å². The second-order valence-corrected chi connectivity index (χ2v) is 9.66. The van der Waals surface area contributed by atoms with Crippen LogP contribution < -0.4 is 9.62 Å². The summed E-state index contributed by atoms with van der Waals surface area (Å²) in [4.78, 5) is 38.0. The molecule has 0 radical (unpaired) electrons. The van der Waals surface area contributed by atoms with Crippen molar-refractivity contribution < 1.29 is 32.3 Å². The normalized spacial score (nSPS) is 17.1. The van der Waals surface area contributed by atoms with Gasteiger partial charge in [0.15, 0.2) is 6.61 Å². The van der Waals surface area contributed by atoms with Gasteiger partial charge in [0.05, 0.1) is 17.2 Å². The van der Waals surface area contributed by atoms with Gasteiger partial charge in [-0.25, -0.2) is 13.2 Å². The molecule has 2 heterocycles. The highest BCUT2D eigenvalue weighted by molar-refractivity contribution is 7.93. The number of nitrogens with zero attached hydrogens (tertiary/aromatic N) is 2. The lowest BCUT2D eigenvalue weighted by atomic mass is 10.1. The van der Waals surface area contributed by atoms with Crippen LogP contribution in [0.25, 0.3) is 10.8 Å². The fourth-order valence-electron chi connectivity index (χ4n) is 4.13. The first-order valence-corrected chi connectivity index (χ1v) is 12.2. The lowest BCUT2D eigenvalue weighted by Crippen LogP contribution is -2.47. The van der Waals surface area contributed by atoms with E-state index in [1.165, 1.54) is 6.07 Å². The molecule has 1 N–H and O–H groups in total. The van der Waals surface area contributed by atoms with Crippen molar-refractivity contribution in [3.05, 3.63) is 36.4 Å². The Labute approximate surface area is 191 Å². The highest BCUT2D eigenvalue weighted by atomic mass is 32.2. The van der Waals surface area contributed by atoms with Crippen molar-refractivity contribution in [3.8, 4) is 0 Å². The van der Waals surface area contributed by atoms with E-state index < -0.39 is 35.1 Å². The van der Waals surface area contributed by atoms with Crippen molar-refractivity contribution in [2.45, 2.75) is 30.7 Å². The second kappa shape index (κ2) is 9.26. The summed E-state index contributed by atoms with van der Waals surface area (Å²) in [6, 6.07) is 9.99. The van der Waals surface area contributed by atoms with Crippen molar-refractivity contribution in [2.24, 2.45) is 0 Å². The Morgan fingerprint density at radius 1 is 1.06 bits per heavy atom. The largest absolute Gasteiger partial charge is 0.454 e. The summed E-state index contributed by atoms with van der Waals surface area (Å²) in [7, 11) is -3.88. The minimum atomic E-state index is -3.88. The molecule has 2 aromatic rings. The van der Waals surface area contributed by atoms with Gasteiger partial charge in [0.1, 0.15) is 6.54 Å². The maximum atomic E-state index is 12.9. The molecule has 2 aromatic carbocycles. The number of likely N-dealkylation sites (tertiary alicyclic amines) is 1. The van der Waals surface area contributed by atoms with Gasteiger partial charge in [-0.1, -0.05) is 24.3 Å². The van der Waals surface area contributed by atoms with Crippen LogP contribution in [0.3, 0.4) is 0 Å². The zero-order valence-electron chi connectivity index (χ0n) is 18.2. The van der Waals surface area contributed by atoms with Crippen molar-refractivity contribution in [3.63, 3.8) is 0 Å². The number of hydrogen-bond acceptors (Lipinski definition) is 7. The summed E-state index contributed by atoms with van der Waals surface area (Å²) in [5.74, 6) is -1.30. The number of ether oxygens (including phenoxy) is 2. The Hall–Kier alpha value is -3.34. The number of anilines is 1. The Morgan fingerprint density at radius 2 is 1.76 bits per heavy atom. The summed E-state index contributed by atoms with van der Waals surface area (Å²) in [6.07, 6.45) is 0.755. The van der Waals surface area contributed by atoms with E-state index >= 15 is 0 Å². The fraction of sp³-hybridized carbons (Fsp3) is 0.409. The molecule has 2 amide bonds. The van der Waals surface area contributed by atoms with Gasteiger partial charge in [-0.05, 0) is 37.3 Å². The van der Waals surface area contributed by atoms with Gasteiger partial charge < -0.3 is 19.7 Å². The van der Waals surface area contributed by atoms with Crippen LogP contribution in [0.15, 0.2) is 41.3 Å². The highest BCUT2D eigenvalue weighted by Gasteiger charge is 2.37. The summed E-state index contributed by atoms with van der Waals surface area (Å²) < 4.78 is 36.9. The number of benzene rings is 2. The Morgan fingerprint density at radius 3 is 2.45 bits per heavy atom. The standard InChI is InChI=1S/C22H25N3O7S/c1-2-31-22(28)24-11-9-16(10-12-24)23-19(26)14-32-20(27)13-25-17-7-3-5-15-6-4-8-18(21(15)17)33(25,29)30/h3-8,16H,2,9-14H2,1H3,(H,23,26). The number of amides is 2. The third-order valence-corrected chi connectivity index (χ3v) is 7.51. The molecular formula is C22H25N3O7S. The van der Waals surface area contributed by atoms with E-state index in [-0.39, 0.29) is 17.0 Å². The quantitative estimate of drug-likeness (QED) is 0.630. The van der Waals surface area contributed by atoms with E-state index in [4.69, 9.17) is 9.47 Å². The molecule has 0 atom stereocenters. The van der Waals surface area contributed by atoms with Crippen molar-refractivity contribution >= 4 is 44.5 Å². The molecule has 0 bridgehead atoms. The highest BCUT2D eigenvalue weighted by Crippen LogP contribution is 2.41. The number of esters is 1. The van der Waals surface area contributed by atoms with Crippen molar-refractivity contribution in [1.29, 1.82) is 0 Å². The maximum absolute atomic E-state index is 12.9. The van der Waals surface area contributed by atoms with Gasteiger partial charge in [-0.2, -0.15) is 0 Å². The predicted molar refractivity (Wildman–Crippen MR) is 119 cm³/mol. The molecular weight excluding hydrogens is 450 g/mol. The van der Waals surface area contributed by atoms with E-state index in [2.05, 4.69) is 5.32 Å². The molecule has 0 unspecified atom stereocenters. The molecule has 176 valence electrons. The van der Waals surface area contributed by atoms with E-state index in [0.717, 1.165) is 9.69 Å². The minimum absolute atomic E-state index is 0.145. The molecule has 2 aliphatic rings. The molecule has 0 spiro atoms. The zero-order chi connectivity index (χ0) is 23.6. The van der Waals surface area contributed by atoms with Crippen LogP contribution in [0.5, 0.6) is 0 Å². The van der Waals surface area contributed by atoms with Crippen LogP contribution in [0.1, 0.15) is 19.8 Å².